The summed E-state index contributed by atoms with van der Waals surface area (Å²) < 4.78 is 0. The van der Waals surface area contributed by atoms with Crippen molar-refractivity contribution in [2.24, 2.45) is 0 Å². The zero-order valence-corrected chi connectivity index (χ0v) is 7.67. The smallest absolute Gasteiger partial charge is 0.326 e. The monoisotopic (exact) mass is 214 g/mol. The topological polar surface area (TPSA) is 128 Å². The summed E-state index contributed by atoms with van der Waals surface area (Å²) in [6.45, 7) is -0.323. The van der Waals surface area contributed by atoms with Crippen molar-refractivity contribution in [2.75, 3.05) is 6.61 Å². The Bertz CT molecular complexity index is 337. The summed E-state index contributed by atoms with van der Waals surface area (Å²) in [5.41, 5.74) is -0.000750. The molecule has 0 spiro atoms. The molecule has 8 nitrogen and oxygen atoms in total. The first-order chi connectivity index (χ1) is 7.15. The predicted octanol–water partition coefficient (Wildman–Crippen LogP) is -1.63. The maximum Gasteiger partial charge on any atom is 0.326 e. The van der Waals surface area contributed by atoms with E-state index >= 15 is 0 Å². The normalized spacial score (nSPS) is 12.1. The lowest BCUT2D eigenvalue weighted by atomic mass is 10.2. The molecule has 0 aromatic carbocycles. The van der Waals surface area contributed by atoms with Crippen LogP contribution in [0.1, 0.15) is 16.9 Å². The Morgan fingerprint density at radius 2 is 2.33 bits per heavy atom. The second kappa shape index (κ2) is 5.05. The van der Waals surface area contributed by atoms with E-state index in [0.29, 0.717) is 0 Å². The fraction of sp³-hybridized carbons (Fsp3) is 0.429. The Kier molecular flexibility index (Phi) is 3.75. The van der Waals surface area contributed by atoms with Crippen LogP contribution < -0.4 is 5.32 Å². The Morgan fingerprint density at radius 1 is 1.60 bits per heavy atom. The van der Waals surface area contributed by atoms with Gasteiger partial charge in [0.25, 0.3) is 5.91 Å². The summed E-state index contributed by atoms with van der Waals surface area (Å²) >= 11 is 0. The Labute approximate surface area is 84.3 Å². The van der Waals surface area contributed by atoms with Gasteiger partial charge >= 0.3 is 5.97 Å². The van der Waals surface area contributed by atoms with E-state index in [1.165, 1.54) is 6.20 Å². The number of aliphatic hydroxyl groups excluding tert-OH is 1. The standard InChI is InChI=1S/C7H10N4O4/c12-2-1-4(7(14)15)9-6(13)5-3-8-11-10-5/h3-4,12H,1-2H2,(H,9,13)(H,14,15)(H,8,10,11). The Hall–Kier alpha value is -1.96. The number of carbonyl (C=O) groups excluding carboxylic acids is 1. The molecule has 0 aliphatic rings. The van der Waals surface area contributed by atoms with Gasteiger partial charge < -0.3 is 15.5 Å². The molecular formula is C7H10N4O4. The molecule has 1 rings (SSSR count). The number of hydrogen-bond donors (Lipinski definition) is 4. The van der Waals surface area contributed by atoms with Gasteiger partial charge in [0.2, 0.25) is 0 Å². The highest BCUT2D eigenvalue weighted by Crippen LogP contribution is 1.95. The minimum atomic E-state index is -1.21. The highest BCUT2D eigenvalue weighted by molar-refractivity contribution is 5.94. The molecule has 0 saturated heterocycles. The maximum absolute atomic E-state index is 11.3. The summed E-state index contributed by atoms with van der Waals surface area (Å²) in [6.07, 6.45) is 1.12. The summed E-state index contributed by atoms with van der Waals surface area (Å²) in [5.74, 6) is -1.86. The molecular weight excluding hydrogens is 204 g/mol. The van der Waals surface area contributed by atoms with Crippen molar-refractivity contribution >= 4 is 11.9 Å². The first-order valence-electron chi connectivity index (χ1n) is 4.15. The molecule has 0 fully saturated rings. The van der Waals surface area contributed by atoms with Crippen molar-refractivity contribution in [3.8, 4) is 0 Å². The number of aliphatic carboxylic acids is 1. The molecule has 4 N–H and O–H groups in total. The summed E-state index contributed by atoms with van der Waals surface area (Å²) in [4.78, 5) is 21.9. The van der Waals surface area contributed by atoms with Crippen LogP contribution in [-0.4, -0.2) is 50.1 Å². The van der Waals surface area contributed by atoms with E-state index in [1.807, 2.05) is 0 Å². The van der Waals surface area contributed by atoms with Crippen LogP contribution in [0.4, 0.5) is 0 Å². The van der Waals surface area contributed by atoms with Crippen molar-refractivity contribution < 1.29 is 19.8 Å². The summed E-state index contributed by atoms with van der Waals surface area (Å²) in [5, 5.41) is 28.6. The zero-order valence-electron chi connectivity index (χ0n) is 7.67. The Balaban J connectivity index is 2.59. The van der Waals surface area contributed by atoms with Gasteiger partial charge in [0.05, 0.1) is 6.20 Å². The van der Waals surface area contributed by atoms with E-state index in [2.05, 4.69) is 20.7 Å². The maximum atomic E-state index is 11.3. The van der Waals surface area contributed by atoms with Crippen LogP contribution in [0.25, 0.3) is 0 Å². The highest BCUT2D eigenvalue weighted by Gasteiger charge is 2.20. The third-order valence-electron chi connectivity index (χ3n) is 1.67. The van der Waals surface area contributed by atoms with Crippen molar-refractivity contribution in [2.45, 2.75) is 12.5 Å². The number of aromatic amines is 1. The van der Waals surface area contributed by atoms with Crippen molar-refractivity contribution in [3.05, 3.63) is 11.9 Å². The van der Waals surface area contributed by atoms with Crippen molar-refractivity contribution in [1.29, 1.82) is 0 Å². The third kappa shape index (κ3) is 3.02. The molecule has 1 amide bonds. The van der Waals surface area contributed by atoms with Crippen LogP contribution in [0.5, 0.6) is 0 Å². The van der Waals surface area contributed by atoms with Crippen LogP contribution in [0.15, 0.2) is 6.20 Å². The lowest BCUT2D eigenvalue weighted by molar-refractivity contribution is -0.139. The van der Waals surface area contributed by atoms with Gasteiger partial charge in [0.15, 0.2) is 5.69 Å². The molecule has 1 aromatic rings. The molecule has 0 bridgehead atoms. The number of carboxylic acid groups (broad SMARTS) is 1. The average Bonchev–Trinajstić information content (AvgIpc) is 2.69. The number of rotatable bonds is 5. The number of nitrogens with one attached hydrogen (secondary N) is 2. The molecule has 1 unspecified atom stereocenters. The summed E-state index contributed by atoms with van der Waals surface area (Å²) in [7, 11) is 0. The third-order valence-corrected chi connectivity index (χ3v) is 1.67. The molecule has 1 atom stereocenters. The fourth-order valence-corrected chi connectivity index (χ4v) is 0.930. The lowest BCUT2D eigenvalue weighted by Crippen LogP contribution is -2.41. The van der Waals surface area contributed by atoms with Gasteiger partial charge in [-0.05, 0) is 0 Å². The minimum Gasteiger partial charge on any atom is -0.480 e. The van der Waals surface area contributed by atoms with Gasteiger partial charge in [-0.25, -0.2) is 4.79 Å². The highest BCUT2D eigenvalue weighted by atomic mass is 16.4. The molecule has 82 valence electrons. The van der Waals surface area contributed by atoms with Gasteiger partial charge in [-0.15, -0.1) is 0 Å². The number of aliphatic hydroxyl groups is 1. The molecule has 15 heavy (non-hydrogen) atoms. The molecule has 0 aliphatic carbocycles. The van der Waals surface area contributed by atoms with E-state index in [9.17, 15) is 9.59 Å². The van der Waals surface area contributed by atoms with E-state index < -0.39 is 17.9 Å². The van der Waals surface area contributed by atoms with Gasteiger partial charge in [0, 0.05) is 13.0 Å². The van der Waals surface area contributed by atoms with Crippen LogP contribution in [-0.2, 0) is 4.79 Å². The van der Waals surface area contributed by atoms with E-state index in [4.69, 9.17) is 10.2 Å². The van der Waals surface area contributed by atoms with Gasteiger partial charge in [-0.1, -0.05) is 0 Å². The second-order valence-corrected chi connectivity index (χ2v) is 2.73. The lowest BCUT2D eigenvalue weighted by Gasteiger charge is -2.11. The molecule has 1 aromatic heterocycles. The number of H-pyrrole nitrogens is 1. The van der Waals surface area contributed by atoms with E-state index in [-0.39, 0.29) is 18.7 Å². The minimum absolute atomic E-state index is 0.000750. The van der Waals surface area contributed by atoms with Crippen molar-refractivity contribution in [1.82, 2.24) is 20.7 Å². The van der Waals surface area contributed by atoms with E-state index in [1.54, 1.807) is 0 Å². The predicted molar refractivity (Wildman–Crippen MR) is 47.0 cm³/mol. The number of carbonyl (C=O) groups is 2. The SMILES string of the molecule is O=C(NC(CCO)C(=O)O)c1cn[nH]n1. The number of aromatic nitrogens is 3. The van der Waals surface area contributed by atoms with Crippen LogP contribution in [0, 0.1) is 0 Å². The number of hydrogen-bond acceptors (Lipinski definition) is 5. The van der Waals surface area contributed by atoms with Gasteiger partial charge in [-0.2, -0.15) is 15.4 Å². The van der Waals surface area contributed by atoms with Crippen LogP contribution in [0.3, 0.4) is 0 Å². The number of carboxylic acids is 1. The quantitative estimate of drug-likeness (QED) is 0.466. The number of nitrogens with zero attached hydrogens (tertiary/aromatic N) is 2. The van der Waals surface area contributed by atoms with Crippen molar-refractivity contribution in [3.63, 3.8) is 0 Å². The van der Waals surface area contributed by atoms with E-state index in [0.717, 1.165) is 0 Å². The molecule has 0 saturated carbocycles. The zero-order chi connectivity index (χ0) is 11.3. The van der Waals surface area contributed by atoms with Gasteiger partial charge in [-0.3, -0.25) is 4.79 Å². The molecule has 0 radical (unpaired) electrons. The average molecular weight is 214 g/mol. The fourth-order valence-electron chi connectivity index (χ4n) is 0.930. The summed E-state index contributed by atoms with van der Waals surface area (Å²) in [6, 6.07) is -1.13. The number of amides is 1. The first-order valence-corrected chi connectivity index (χ1v) is 4.15. The molecule has 1 heterocycles. The largest absolute Gasteiger partial charge is 0.480 e. The first kappa shape index (κ1) is 11.1. The van der Waals surface area contributed by atoms with Crippen LogP contribution in [0.2, 0.25) is 0 Å². The molecule has 8 heteroatoms. The molecule has 0 aliphatic heterocycles. The van der Waals surface area contributed by atoms with Crippen LogP contribution >= 0.6 is 0 Å². The Morgan fingerprint density at radius 3 is 2.80 bits per heavy atom. The second-order valence-electron chi connectivity index (χ2n) is 2.73. The van der Waals surface area contributed by atoms with Gasteiger partial charge in [0.1, 0.15) is 6.04 Å².